The monoisotopic (exact) mass is 393 g/mol. The molecule has 1 aromatic heterocycles. The number of anilines is 1. The van der Waals surface area contributed by atoms with Gasteiger partial charge in [0.25, 0.3) is 0 Å². The van der Waals surface area contributed by atoms with Gasteiger partial charge >= 0.3 is 6.18 Å². The minimum atomic E-state index is -4.37. The highest BCUT2D eigenvalue weighted by Crippen LogP contribution is 2.31. The molecule has 1 N–H and O–H groups in total. The van der Waals surface area contributed by atoms with E-state index in [-0.39, 0.29) is 5.82 Å². The fourth-order valence-corrected chi connectivity index (χ4v) is 2.08. The van der Waals surface area contributed by atoms with Crippen LogP contribution in [-0.2, 0) is 6.18 Å². The van der Waals surface area contributed by atoms with Gasteiger partial charge in [0, 0.05) is 18.3 Å². The Balaban J connectivity index is 2.44. The molecule has 0 saturated heterocycles. The summed E-state index contributed by atoms with van der Waals surface area (Å²) in [6, 6.07) is 5.00. The summed E-state index contributed by atoms with van der Waals surface area (Å²) < 4.78 is 38.9. The Kier molecular flexibility index (Phi) is 4.46. The maximum atomic E-state index is 12.7. The molecular weight excluding hydrogens is 382 g/mol. The quantitative estimate of drug-likeness (QED) is 0.795. The number of benzene rings is 1. The van der Waals surface area contributed by atoms with E-state index in [1.165, 1.54) is 6.07 Å². The maximum absolute atomic E-state index is 12.7. The lowest BCUT2D eigenvalue weighted by Crippen LogP contribution is -2.06. The molecule has 0 fully saturated rings. The normalized spacial score (nSPS) is 11.4. The van der Waals surface area contributed by atoms with Crippen LogP contribution in [0.3, 0.4) is 0 Å². The van der Waals surface area contributed by atoms with Crippen LogP contribution in [0.15, 0.2) is 30.5 Å². The number of alkyl halides is 3. The molecule has 7 heteroatoms. The van der Waals surface area contributed by atoms with Gasteiger partial charge in [-0.2, -0.15) is 13.2 Å². The lowest BCUT2D eigenvalue weighted by atomic mass is 10.1. The molecule has 20 heavy (non-hydrogen) atoms. The second-order valence-electron chi connectivity index (χ2n) is 4.00. The van der Waals surface area contributed by atoms with E-state index in [2.05, 4.69) is 37.9 Å². The van der Waals surface area contributed by atoms with E-state index >= 15 is 0 Å². The fraction of sp³-hybridized carbons (Fsp3) is 0.231. The molecule has 0 amide bonds. The SMILES string of the molecule is CCNc1nc(-c2cccc(C(F)(F)F)c2)ncc1I. The van der Waals surface area contributed by atoms with Crippen LogP contribution in [0.25, 0.3) is 11.4 Å². The lowest BCUT2D eigenvalue weighted by molar-refractivity contribution is -0.137. The van der Waals surface area contributed by atoms with E-state index < -0.39 is 11.7 Å². The fourth-order valence-electron chi connectivity index (χ4n) is 1.63. The summed E-state index contributed by atoms with van der Waals surface area (Å²) in [5.74, 6) is 0.892. The van der Waals surface area contributed by atoms with E-state index in [4.69, 9.17) is 0 Å². The summed E-state index contributed by atoms with van der Waals surface area (Å²) in [6.07, 6.45) is -2.79. The Morgan fingerprint density at radius 3 is 2.70 bits per heavy atom. The van der Waals surface area contributed by atoms with Gasteiger partial charge in [-0.05, 0) is 41.6 Å². The molecule has 2 rings (SSSR count). The number of nitrogens with one attached hydrogen (secondary N) is 1. The van der Waals surface area contributed by atoms with Gasteiger partial charge in [0.1, 0.15) is 5.82 Å². The van der Waals surface area contributed by atoms with Crippen LogP contribution in [0.2, 0.25) is 0 Å². The minimum Gasteiger partial charge on any atom is -0.369 e. The molecule has 2 aromatic rings. The first kappa shape index (κ1) is 15.0. The van der Waals surface area contributed by atoms with Crippen molar-refractivity contribution >= 4 is 28.4 Å². The van der Waals surface area contributed by atoms with Crippen molar-refractivity contribution in [2.24, 2.45) is 0 Å². The zero-order chi connectivity index (χ0) is 14.8. The van der Waals surface area contributed by atoms with Crippen LogP contribution in [0.1, 0.15) is 12.5 Å². The standard InChI is InChI=1S/C13H11F3IN3/c1-2-18-12-10(17)7-19-11(20-12)8-4-3-5-9(6-8)13(14,15)16/h3-7H,2H2,1H3,(H,18,19,20). The third kappa shape index (κ3) is 3.38. The van der Waals surface area contributed by atoms with E-state index in [9.17, 15) is 13.2 Å². The number of halogens is 4. The van der Waals surface area contributed by atoms with Crippen molar-refractivity contribution < 1.29 is 13.2 Å². The van der Waals surface area contributed by atoms with Gasteiger partial charge in [0.2, 0.25) is 0 Å². The number of aromatic nitrogens is 2. The average molecular weight is 393 g/mol. The number of hydrogen-bond donors (Lipinski definition) is 1. The largest absolute Gasteiger partial charge is 0.416 e. The van der Waals surface area contributed by atoms with Crippen molar-refractivity contribution in [1.29, 1.82) is 0 Å². The van der Waals surface area contributed by atoms with E-state index in [1.807, 2.05) is 6.92 Å². The van der Waals surface area contributed by atoms with Gasteiger partial charge in [0.15, 0.2) is 5.82 Å². The average Bonchev–Trinajstić information content (AvgIpc) is 2.41. The zero-order valence-electron chi connectivity index (χ0n) is 10.5. The molecule has 0 saturated carbocycles. The van der Waals surface area contributed by atoms with Crippen LogP contribution in [0.5, 0.6) is 0 Å². The van der Waals surface area contributed by atoms with E-state index in [0.717, 1.165) is 15.7 Å². The maximum Gasteiger partial charge on any atom is 0.416 e. The highest BCUT2D eigenvalue weighted by molar-refractivity contribution is 14.1. The molecule has 0 radical (unpaired) electrons. The third-order valence-corrected chi connectivity index (χ3v) is 3.33. The van der Waals surface area contributed by atoms with Crippen molar-refractivity contribution in [3.05, 3.63) is 39.6 Å². The molecule has 0 spiro atoms. The molecule has 3 nitrogen and oxygen atoms in total. The van der Waals surface area contributed by atoms with Gasteiger partial charge in [-0.25, -0.2) is 9.97 Å². The van der Waals surface area contributed by atoms with Crippen LogP contribution < -0.4 is 5.32 Å². The first-order valence-electron chi connectivity index (χ1n) is 5.86. The summed E-state index contributed by atoms with van der Waals surface area (Å²) in [5.41, 5.74) is -0.363. The predicted octanol–water partition coefficient (Wildman–Crippen LogP) is 4.20. The Bertz CT molecular complexity index is 614. The highest BCUT2D eigenvalue weighted by atomic mass is 127. The molecule has 0 aliphatic rings. The molecule has 0 aliphatic heterocycles. The molecule has 0 bridgehead atoms. The molecule has 0 atom stereocenters. The summed E-state index contributed by atoms with van der Waals surface area (Å²) in [4.78, 5) is 8.35. The summed E-state index contributed by atoms with van der Waals surface area (Å²) >= 11 is 2.07. The first-order chi connectivity index (χ1) is 9.41. The Hall–Kier alpha value is -1.38. The van der Waals surface area contributed by atoms with Gasteiger partial charge in [-0.15, -0.1) is 0 Å². The summed E-state index contributed by atoms with van der Waals surface area (Å²) in [5, 5.41) is 3.05. The molecule has 0 unspecified atom stereocenters. The highest BCUT2D eigenvalue weighted by Gasteiger charge is 2.30. The number of hydrogen-bond acceptors (Lipinski definition) is 3. The molecule has 106 valence electrons. The van der Waals surface area contributed by atoms with Gasteiger partial charge in [0.05, 0.1) is 9.13 Å². The van der Waals surface area contributed by atoms with E-state index in [1.54, 1.807) is 12.3 Å². The second-order valence-corrected chi connectivity index (χ2v) is 5.16. The topological polar surface area (TPSA) is 37.8 Å². The molecule has 1 aromatic carbocycles. The Morgan fingerprint density at radius 2 is 2.05 bits per heavy atom. The van der Waals surface area contributed by atoms with Crippen molar-refractivity contribution in [1.82, 2.24) is 9.97 Å². The summed E-state index contributed by atoms with van der Waals surface area (Å²) in [6.45, 7) is 2.59. The van der Waals surface area contributed by atoms with Crippen LogP contribution in [-0.4, -0.2) is 16.5 Å². The first-order valence-corrected chi connectivity index (χ1v) is 6.93. The zero-order valence-corrected chi connectivity index (χ0v) is 12.7. The number of rotatable bonds is 3. The van der Waals surface area contributed by atoms with Crippen LogP contribution in [0, 0.1) is 3.57 Å². The number of nitrogens with zero attached hydrogens (tertiary/aromatic N) is 2. The molecular formula is C13H11F3IN3. The lowest BCUT2D eigenvalue weighted by Gasteiger charge is -2.10. The van der Waals surface area contributed by atoms with Gasteiger partial charge in [-0.3, -0.25) is 0 Å². The van der Waals surface area contributed by atoms with Crippen molar-refractivity contribution in [2.45, 2.75) is 13.1 Å². The smallest absolute Gasteiger partial charge is 0.369 e. The van der Waals surface area contributed by atoms with Crippen LogP contribution in [0.4, 0.5) is 19.0 Å². The Labute approximate surface area is 127 Å². The van der Waals surface area contributed by atoms with Crippen molar-refractivity contribution in [3.63, 3.8) is 0 Å². The molecule has 1 heterocycles. The van der Waals surface area contributed by atoms with Crippen molar-refractivity contribution in [3.8, 4) is 11.4 Å². The Morgan fingerprint density at radius 1 is 1.30 bits per heavy atom. The van der Waals surface area contributed by atoms with Crippen LogP contribution >= 0.6 is 22.6 Å². The van der Waals surface area contributed by atoms with Gasteiger partial charge in [-0.1, -0.05) is 12.1 Å². The minimum absolute atomic E-state index is 0.271. The second kappa shape index (κ2) is 5.94. The predicted molar refractivity (Wildman–Crippen MR) is 79.4 cm³/mol. The molecule has 0 aliphatic carbocycles. The van der Waals surface area contributed by atoms with Gasteiger partial charge < -0.3 is 5.32 Å². The van der Waals surface area contributed by atoms with Crippen molar-refractivity contribution in [2.75, 3.05) is 11.9 Å². The van der Waals surface area contributed by atoms with E-state index in [0.29, 0.717) is 17.9 Å². The summed E-state index contributed by atoms with van der Waals surface area (Å²) in [7, 11) is 0. The third-order valence-electron chi connectivity index (χ3n) is 2.54.